The summed E-state index contributed by atoms with van der Waals surface area (Å²) >= 11 is 0. The summed E-state index contributed by atoms with van der Waals surface area (Å²) in [6.45, 7) is 6.11. The molecule has 0 aromatic heterocycles. The van der Waals surface area contributed by atoms with Gasteiger partial charge in [-0.25, -0.2) is 0 Å². The van der Waals surface area contributed by atoms with Crippen LogP contribution in [0.15, 0.2) is 18.2 Å². The van der Waals surface area contributed by atoms with Gasteiger partial charge >= 0.3 is 0 Å². The Balaban J connectivity index is 1.93. The Morgan fingerprint density at radius 3 is 2.71 bits per heavy atom. The van der Waals surface area contributed by atoms with Crippen molar-refractivity contribution in [2.24, 2.45) is 5.92 Å². The SMILES string of the molecule is Cc1ccc(NC(=O)CN2CCC(C)CC2)cc1[N+](=O)[O-]. The molecule has 6 heteroatoms. The predicted molar refractivity (Wildman–Crippen MR) is 81.3 cm³/mol. The minimum absolute atomic E-state index is 0.0274. The number of nitro benzene ring substituents is 1. The number of nitrogens with one attached hydrogen (secondary N) is 1. The predicted octanol–water partition coefficient (Wildman–Crippen LogP) is 2.57. The van der Waals surface area contributed by atoms with Gasteiger partial charge in [0.25, 0.3) is 5.69 Å². The lowest BCUT2D eigenvalue weighted by atomic mass is 9.99. The number of nitro groups is 1. The van der Waals surface area contributed by atoms with E-state index < -0.39 is 4.92 Å². The fourth-order valence-electron chi connectivity index (χ4n) is 2.51. The third kappa shape index (κ3) is 4.26. The van der Waals surface area contributed by atoms with Crippen LogP contribution in [0.2, 0.25) is 0 Å². The highest BCUT2D eigenvalue weighted by molar-refractivity contribution is 5.92. The second-order valence-electron chi connectivity index (χ2n) is 5.77. The number of likely N-dealkylation sites (tertiary alicyclic amines) is 1. The third-order valence-corrected chi connectivity index (χ3v) is 3.93. The van der Waals surface area contributed by atoms with Crippen LogP contribution in [-0.2, 0) is 4.79 Å². The van der Waals surface area contributed by atoms with Crippen molar-refractivity contribution in [3.8, 4) is 0 Å². The van der Waals surface area contributed by atoms with Gasteiger partial charge in [-0.2, -0.15) is 0 Å². The molecule has 0 saturated carbocycles. The first kappa shape index (κ1) is 15.4. The normalized spacial score (nSPS) is 16.7. The zero-order valence-corrected chi connectivity index (χ0v) is 12.5. The standard InChI is InChI=1S/C15H21N3O3/c1-11-5-7-17(8-6-11)10-15(19)16-13-4-3-12(2)14(9-13)18(20)21/h3-4,9,11H,5-8,10H2,1-2H3,(H,16,19). The van der Waals surface area contributed by atoms with Gasteiger partial charge in [-0.05, 0) is 44.8 Å². The van der Waals surface area contributed by atoms with Gasteiger partial charge in [0.1, 0.15) is 0 Å². The average molecular weight is 291 g/mol. The third-order valence-electron chi connectivity index (χ3n) is 3.93. The van der Waals surface area contributed by atoms with Crippen LogP contribution in [0.1, 0.15) is 25.3 Å². The van der Waals surface area contributed by atoms with Crippen molar-refractivity contribution in [3.05, 3.63) is 33.9 Å². The van der Waals surface area contributed by atoms with E-state index in [1.54, 1.807) is 19.1 Å². The molecule has 0 unspecified atom stereocenters. The zero-order valence-electron chi connectivity index (χ0n) is 12.5. The highest BCUT2D eigenvalue weighted by Crippen LogP contribution is 2.22. The van der Waals surface area contributed by atoms with E-state index in [1.165, 1.54) is 6.07 Å². The molecule has 1 fully saturated rings. The van der Waals surface area contributed by atoms with Crippen molar-refractivity contribution < 1.29 is 9.72 Å². The van der Waals surface area contributed by atoms with Gasteiger partial charge in [0.15, 0.2) is 0 Å². The monoisotopic (exact) mass is 291 g/mol. The second kappa shape index (κ2) is 6.67. The van der Waals surface area contributed by atoms with E-state index in [-0.39, 0.29) is 11.6 Å². The molecule has 1 aliphatic rings. The lowest BCUT2D eigenvalue weighted by molar-refractivity contribution is -0.385. The number of benzene rings is 1. The number of anilines is 1. The van der Waals surface area contributed by atoms with Crippen molar-refractivity contribution >= 4 is 17.3 Å². The van der Waals surface area contributed by atoms with E-state index in [0.29, 0.717) is 17.8 Å². The maximum Gasteiger partial charge on any atom is 0.274 e. The van der Waals surface area contributed by atoms with Crippen molar-refractivity contribution in [3.63, 3.8) is 0 Å². The van der Waals surface area contributed by atoms with Crippen LogP contribution in [-0.4, -0.2) is 35.4 Å². The van der Waals surface area contributed by atoms with Gasteiger partial charge in [0, 0.05) is 17.3 Å². The van der Waals surface area contributed by atoms with Crippen LogP contribution in [0, 0.1) is 23.0 Å². The van der Waals surface area contributed by atoms with Crippen LogP contribution < -0.4 is 5.32 Å². The molecule has 114 valence electrons. The molecule has 2 rings (SSSR count). The van der Waals surface area contributed by atoms with Gasteiger partial charge in [-0.1, -0.05) is 13.0 Å². The number of hydrogen-bond donors (Lipinski definition) is 1. The molecule has 0 spiro atoms. The number of aryl methyl sites for hydroxylation is 1. The van der Waals surface area contributed by atoms with E-state index in [4.69, 9.17) is 0 Å². The molecule has 1 aliphatic heterocycles. The summed E-state index contributed by atoms with van der Waals surface area (Å²) < 4.78 is 0. The molecular weight excluding hydrogens is 270 g/mol. The number of carbonyl (C=O) groups is 1. The minimum Gasteiger partial charge on any atom is -0.325 e. The summed E-state index contributed by atoms with van der Waals surface area (Å²) in [5, 5.41) is 13.6. The molecule has 1 N–H and O–H groups in total. The van der Waals surface area contributed by atoms with Gasteiger partial charge in [-0.15, -0.1) is 0 Å². The number of hydrogen-bond acceptors (Lipinski definition) is 4. The fourth-order valence-corrected chi connectivity index (χ4v) is 2.51. The summed E-state index contributed by atoms with van der Waals surface area (Å²) in [6, 6.07) is 4.75. The van der Waals surface area contributed by atoms with Gasteiger partial charge in [0.2, 0.25) is 5.91 Å². The Bertz CT molecular complexity index is 537. The first-order chi connectivity index (χ1) is 9.95. The molecule has 1 aromatic carbocycles. The van der Waals surface area contributed by atoms with E-state index in [9.17, 15) is 14.9 Å². The van der Waals surface area contributed by atoms with Crippen molar-refractivity contribution in [1.29, 1.82) is 0 Å². The first-order valence-corrected chi connectivity index (χ1v) is 7.23. The van der Waals surface area contributed by atoms with Gasteiger partial charge in [0.05, 0.1) is 11.5 Å². The number of amides is 1. The zero-order chi connectivity index (χ0) is 15.4. The van der Waals surface area contributed by atoms with Crippen molar-refractivity contribution in [2.75, 3.05) is 25.0 Å². The number of piperidine rings is 1. The van der Waals surface area contributed by atoms with Gasteiger partial charge < -0.3 is 5.32 Å². The summed E-state index contributed by atoms with van der Waals surface area (Å²) in [4.78, 5) is 24.6. The molecule has 1 amide bonds. The highest BCUT2D eigenvalue weighted by atomic mass is 16.6. The van der Waals surface area contributed by atoms with Crippen molar-refractivity contribution in [2.45, 2.75) is 26.7 Å². The fraction of sp³-hybridized carbons (Fsp3) is 0.533. The summed E-state index contributed by atoms with van der Waals surface area (Å²) in [5.41, 5.74) is 1.09. The smallest absolute Gasteiger partial charge is 0.274 e. The van der Waals surface area contributed by atoms with Gasteiger partial charge in [-0.3, -0.25) is 19.8 Å². The molecule has 1 heterocycles. The first-order valence-electron chi connectivity index (χ1n) is 7.23. The molecule has 6 nitrogen and oxygen atoms in total. The highest BCUT2D eigenvalue weighted by Gasteiger charge is 2.18. The number of rotatable bonds is 4. The lowest BCUT2D eigenvalue weighted by Crippen LogP contribution is -2.38. The molecule has 0 aliphatic carbocycles. The molecule has 1 aromatic rings. The molecule has 21 heavy (non-hydrogen) atoms. The van der Waals surface area contributed by atoms with E-state index >= 15 is 0 Å². The number of carbonyl (C=O) groups excluding carboxylic acids is 1. The van der Waals surface area contributed by atoms with E-state index in [2.05, 4.69) is 17.1 Å². The van der Waals surface area contributed by atoms with Crippen LogP contribution in [0.3, 0.4) is 0 Å². The van der Waals surface area contributed by atoms with E-state index in [1.807, 2.05) is 0 Å². The maximum absolute atomic E-state index is 12.0. The summed E-state index contributed by atoms with van der Waals surface area (Å²) in [7, 11) is 0. The molecular formula is C15H21N3O3. The Hall–Kier alpha value is -1.95. The quantitative estimate of drug-likeness (QED) is 0.683. The Morgan fingerprint density at radius 2 is 2.10 bits per heavy atom. The van der Waals surface area contributed by atoms with Crippen LogP contribution in [0.4, 0.5) is 11.4 Å². The van der Waals surface area contributed by atoms with Crippen LogP contribution >= 0.6 is 0 Å². The topological polar surface area (TPSA) is 75.5 Å². The maximum atomic E-state index is 12.0. The average Bonchev–Trinajstić information content (AvgIpc) is 2.43. The minimum atomic E-state index is -0.434. The Morgan fingerprint density at radius 1 is 1.43 bits per heavy atom. The second-order valence-corrected chi connectivity index (χ2v) is 5.77. The Kier molecular flexibility index (Phi) is 4.90. The summed E-state index contributed by atoms with van der Waals surface area (Å²) in [5.74, 6) is 0.603. The largest absolute Gasteiger partial charge is 0.325 e. The van der Waals surface area contributed by atoms with Crippen molar-refractivity contribution in [1.82, 2.24) is 4.90 Å². The Labute approximate surface area is 124 Å². The van der Waals surface area contributed by atoms with Crippen LogP contribution in [0.25, 0.3) is 0 Å². The number of nitrogens with zero attached hydrogens (tertiary/aromatic N) is 2. The molecule has 0 atom stereocenters. The summed E-state index contributed by atoms with van der Waals surface area (Å²) in [6.07, 6.45) is 2.23. The molecule has 0 radical (unpaired) electrons. The molecule has 0 bridgehead atoms. The lowest BCUT2D eigenvalue weighted by Gasteiger charge is -2.29. The van der Waals surface area contributed by atoms with Crippen LogP contribution in [0.5, 0.6) is 0 Å². The molecule has 1 saturated heterocycles. The van der Waals surface area contributed by atoms with E-state index in [0.717, 1.165) is 31.8 Å².